The summed E-state index contributed by atoms with van der Waals surface area (Å²) < 4.78 is 0. The lowest BCUT2D eigenvalue weighted by Gasteiger charge is -2.14. The van der Waals surface area contributed by atoms with Gasteiger partial charge in [0.25, 0.3) is 0 Å². The van der Waals surface area contributed by atoms with Crippen molar-refractivity contribution in [1.82, 2.24) is 10.6 Å². The molecular weight excluding hydrogens is 256 g/mol. The van der Waals surface area contributed by atoms with Crippen molar-refractivity contribution in [2.24, 2.45) is 0 Å². The molecule has 19 heavy (non-hydrogen) atoms. The standard InChI is InChI=1S/C15H22N2OS/c1-12-5-6-14(19-12)3-2-4-15(18)17-11-13-7-9-16-10-8-13/h5-7,16H,2-4,8-11H2,1H3,(H,17,18). The molecule has 1 aromatic heterocycles. The van der Waals surface area contributed by atoms with E-state index in [-0.39, 0.29) is 5.91 Å². The first-order valence-corrected chi connectivity index (χ1v) is 7.76. The van der Waals surface area contributed by atoms with Crippen LogP contribution in [0.4, 0.5) is 0 Å². The molecule has 0 unspecified atom stereocenters. The van der Waals surface area contributed by atoms with Crippen molar-refractivity contribution in [3.8, 4) is 0 Å². The Morgan fingerprint density at radius 1 is 1.47 bits per heavy atom. The van der Waals surface area contributed by atoms with Crippen LogP contribution in [0.25, 0.3) is 0 Å². The highest BCUT2D eigenvalue weighted by molar-refractivity contribution is 7.11. The van der Waals surface area contributed by atoms with Crippen LogP contribution in [0.1, 0.15) is 29.0 Å². The van der Waals surface area contributed by atoms with Gasteiger partial charge in [-0.05, 0) is 44.9 Å². The normalized spacial score (nSPS) is 15.1. The number of thiophene rings is 1. The minimum atomic E-state index is 0.174. The zero-order valence-corrected chi connectivity index (χ0v) is 12.3. The molecule has 0 saturated heterocycles. The fourth-order valence-electron chi connectivity index (χ4n) is 2.17. The van der Waals surface area contributed by atoms with Gasteiger partial charge in [-0.1, -0.05) is 11.6 Å². The summed E-state index contributed by atoms with van der Waals surface area (Å²) in [5.41, 5.74) is 1.35. The van der Waals surface area contributed by atoms with Gasteiger partial charge in [0, 0.05) is 29.3 Å². The molecule has 104 valence electrons. The quantitative estimate of drug-likeness (QED) is 0.785. The minimum absolute atomic E-state index is 0.174. The second-order valence-electron chi connectivity index (χ2n) is 4.96. The molecule has 0 spiro atoms. The molecular formula is C15H22N2OS. The van der Waals surface area contributed by atoms with Crippen LogP contribution >= 0.6 is 11.3 Å². The maximum atomic E-state index is 11.7. The Bertz CT molecular complexity index is 451. The molecule has 1 amide bonds. The molecule has 0 fully saturated rings. The lowest BCUT2D eigenvalue weighted by atomic mass is 10.1. The van der Waals surface area contributed by atoms with Crippen molar-refractivity contribution in [3.63, 3.8) is 0 Å². The predicted octanol–water partition coefficient (Wildman–Crippen LogP) is 2.42. The van der Waals surface area contributed by atoms with E-state index in [2.05, 4.69) is 35.8 Å². The molecule has 0 radical (unpaired) electrons. The second-order valence-corrected chi connectivity index (χ2v) is 6.33. The van der Waals surface area contributed by atoms with Crippen LogP contribution in [0.5, 0.6) is 0 Å². The van der Waals surface area contributed by atoms with E-state index in [9.17, 15) is 4.79 Å². The first kappa shape index (κ1) is 14.3. The Kier molecular flexibility index (Phi) is 5.61. The summed E-state index contributed by atoms with van der Waals surface area (Å²) in [7, 11) is 0. The fraction of sp³-hybridized carbons (Fsp3) is 0.533. The zero-order chi connectivity index (χ0) is 13.5. The number of amides is 1. The van der Waals surface area contributed by atoms with E-state index in [1.165, 1.54) is 15.3 Å². The first-order valence-electron chi connectivity index (χ1n) is 6.94. The van der Waals surface area contributed by atoms with Crippen LogP contribution in [0.15, 0.2) is 23.8 Å². The average molecular weight is 278 g/mol. The average Bonchev–Trinajstić information content (AvgIpc) is 2.83. The zero-order valence-electron chi connectivity index (χ0n) is 11.5. The van der Waals surface area contributed by atoms with Crippen molar-refractivity contribution in [2.75, 3.05) is 19.6 Å². The summed E-state index contributed by atoms with van der Waals surface area (Å²) in [6, 6.07) is 4.31. The highest BCUT2D eigenvalue weighted by Gasteiger charge is 2.06. The lowest BCUT2D eigenvalue weighted by Crippen LogP contribution is -2.29. The smallest absolute Gasteiger partial charge is 0.220 e. The summed E-state index contributed by atoms with van der Waals surface area (Å²) in [5.74, 6) is 0.174. The minimum Gasteiger partial charge on any atom is -0.352 e. The van der Waals surface area contributed by atoms with E-state index in [4.69, 9.17) is 0 Å². The van der Waals surface area contributed by atoms with Crippen LogP contribution in [-0.2, 0) is 11.2 Å². The van der Waals surface area contributed by atoms with E-state index in [0.717, 1.165) is 38.9 Å². The van der Waals surface area contributed by atoms with E-state index >= 15 is 0 Å². The monoisotopic (exact) mass is 278 g/mol. The number of nitrogens with one attached hydrogen (secondary N) is 2. The Morgan fingerprint density at radius 2 is 2.37 bits per heavy atom. The Labute approximate surface area is 119 Å². The first-order chi connectivity index (χ1) is 9.24. The molecule has 3 nitrogen and oxygen atoms in total. The second kappa shape index (κ2) is 7.46. The van der Waals surface area contributed by atoms with Gasteiger partial charge in [0.2, 0.25) is 5.91 Å². The number of carbonyl (C=O) groups excluding carboxylic acids is 1. The molecule has 1 aromatic rings. The molecule has 1 aliphatic rings. The van der Waals surface area contributed by atoms with Crippen LogP contribution in [0.2, 0.25) is 0 Å². The highest BCUT2D eigenvalue weighted by atomic mass is 32.1. The van der Waals surface area contributed by atoms with Gasteiger partial charge in [0.05, 0.1) is 0 Å². The molecule has 0 aliphatic carbocycles. The molecule has 2 N–H and O–H groups in total. The van der Waals surface area contributed by atoms with Crippen LogP contribution in [0, 0.1) is 6.92 Å². The summed E-state index contributed by atoms with van der Waals surface area (Å²) in [6.45, 7) is 4.80. The summed E-state index contributed by atoms with van der Waals surface area (Å²) >= 11 is 1.83. The van der Waals surface area contributed by atoms with Gasteiger partial charge in [0.1, 0.15) is 0 Å². The van der Waals surface area contributed by atoms with Crippen molar-refractivity contribution in [2.45, 2.75) is 32.6 Å². The van der Waals surface area contributed by atoms with Gasteiger partial charge in [-0.3, -0.25) is 4.79 Å². The molecule has 0 bridgehead atoms. The van der Waals surface area contributed by atoms with Crippen LogP contribution in [0.3, 0.4) is 0 Å². The summed E-state index contributed by atoms with van der Waals surface area (Å²) in [5, 5.41) is 6.28. The third-order valence-electron chi connectivity index (χ3n) is 3.29. The van der Waals surface area contributed by atoms with Gasteiger partial charge in [-0.25, -0.2) is 0 Å². The third kappa shape index (κ3) is 5.17. The molecule has 4 heteroatoms. The van der Waals surface area contributed by atoms with Gasteiger partial charge < -0.3 is 10.6 Å². The van der Waals surface area contributed by atoms with Crippen molar-refractivity contribution in [1.29, 1.82) is 0 Å². The SMILES string of the molecule is Cc1ccc(CCCC(=O)NCC2=CCNCC2)s1. The number of hydrogen-bond acceptors (Lipinski definition) is 3. The van der Waals surface area contributed by atoms with Crippen molar-refractivity contribution in [3.05, 3.63) is 33.5 Å². The number of rotatable bonds is 6. The van der Waals surface area contributed by atoms with Crippen LogP contribution < -0.4 is 10.6 Å². The van der Waals surface area contributed by atoms with E-state index < -0.39 is 0 Å². The summed E-state index contributed by atoms with van der Waals surface area (Å²) in [4.78, 5) is 14.5. The molecule has 0 saturated carbocycles. The van der Waals surface area contributed by atoms with Gasteiger partial charge in [0.15, 0.2) is 0 Å². The fourth-order valence-corrected chi connectivity index (χ4v) is 3.11. The lowest BCUT2D eigenvalue weighted by molar-refractivity contribution is -0.121. The topological polar surface area (TPSA) is 41.1 Å². The number of hydrogen-bond donors (Lipinski definition) is 2. The Balaban J connectivity index is 1.60. The number of aryl methyl sites for hydroxylation is 2. The van der Waals surface area contributed by atoms with Crippen LogP contribution in [-0.4, -0.2) is 25.5 Å². The van der Waals surface area contributed by atoms with Crippen molar-refractivity contribution >= 4 is 17.2 Å². The molecule has 2 heterocycles. The maximum absolute atomic E-state index is 11.7. The predicted molar refractivity (Wildman–Crippen MR) is 80.6 cm³/mol. The summed E-state index contributed by atoms with van der Waals surface area (Å²) in [6.07, 6.45) is 5.81. The highest BCUT2D eigenvalue weighted by Crippen LogP contribution is 2.17. The molecule has 1 aliphatic heterocycles. The van der Waals surface area contributed by atoms with Gasteiger partial charge in [-0.2, -0.15) is 0 Å². The molecule has 0 atom stereocenters. The Morgan fingerprint density at radius 3 is 3.05 bits per heavy atom. The Hall–Kier alpha value is -1.13. The number of carbonyl (C=O) groups is 1. The van der Waals surface area contributed by atoms with Gasteiger partial charge in [-0.15, -0.1) is 11.3 Å². The molecule has 0 aromatic carbocycles. The maximum Gasteiger partial charge on any atom is 0.220 e. The van der Waals surface area contributed by atoms with E-state index in [0.29, 0.717) is 6.42 Å². The van der Waals surface area contributed by atoms with Crippen molar-refractivity contribution < 1.29 is 4.79 Å². The third-order valence-corrected chi connectivity index (χ3v) is 4.35. The van der Waals surface area contributed by atoms with E-state index in [1.54, 1.807) is 0 Å². The van der Waals surface area contributed by atoms with Gasteiger partial charge >= 0.3 is 0 Å². The largest absolute Gasteiger partial charge is 0.352 e. The molecule has 2 rings (SSSR count). The van der Waals surface area contributed by atoms with E-state index in [1.807, 2.05) is 11.3 Å².